The Labute approximate surface area is 173 Å². The lowest BCUT2D eigenvalue weighted by atomic mass is 10.1. The summed E-state index contributed by atoms with van der Waals surface area (Å²) < 4.78 is 17.4. The zero-order chi connectivity index (χ0) is 20.1. The highest BCUT2D eigenvalue weighted by Gasteiger charge is 2.18. The number of carbonyl (C=O) groups is 1. The minimum absolute atomic E-state index is 0.00765. The molecule has 0 fully saturated rings. The van der Waals surface area contributed by atoms with Crippen LogP contribution in [0.1, 0.15) is 31.9 Å². The van der Waals surface area contributed by atoms with Crippen LogP contribution in [0.15, 0.2) is 40.9 Å². The number of nitrogens with one attached hydrogen (secondary N) is 2. The van der Waals surface area contributed by atoms with Gasteiger partial charge in [-0.3, -0.25) is 10.1 Å². The quantitative estimate of drug-likeness (QED) is 0.689. The Hall–Kier alpha value is -2.25. The number of rotatable bonds is 6. The molecule has 1 aliphatic heterocycles. The maximum Gasteiger partial charge on any atom is 0.241 e. The van der Waals surface area contributed by atoms with Gasteiger partial charge in [-0.25, -0.2) is 0 Å². The summed E-state index contributed by atoms with van der Waals surface area (Å²) in [6, 6.07) is 10.9. The van der Waals surface area contributed by atoms with Crippen molar-refractivity contribution < 1.29 is 19.0 Å². The highest BCUT2D eigenvalue weighted by Crippen LogP contribution is 2.32. The van der Waals surface area contributed by atoms with Crippen molar-refractivity contribution in [3.63, 3.8) is 0 Å². The fourth-order valence-electron chi connectivity index (χ4n) is 2.99. The Morgan fingerprint density at radius 3 is 2.57 bits per heavy atom. The molecule has 0 bridgehead atoms. The Balaban J connectivity index is 1.61. The average Bonchev–Trinajstić information content (AvgIpc) is 2.92. The second-order valence-electron chi connectivity index (χ2n) is 6.71. The van der Waals surface area contributed by atoms with Crippen LogP contribution in [0.2, 0.25) is 0 Å². The van der Waals surface area contributed by atoms with Gasteiger partial charge in [0.15, 0.2) is 11.5 Å². The molecule has 0 radical (unpaired) electrons. The van der Waals surface area contributed by atoms with Gasteiger partial charge in [-0.05, 0) is 59.6 Å². The second kappa shape index (κ2) is 9.30. The van der Waals surface area contributed by atoms with Crippen molar-refractivity contribution >= 4 is 27.5 Å². The zero-order valence-electron chi connectivity index (χ0n) is 16.3. The number of methoxy groups -OCH3 is 1. The monoisotopic (exact) mass is 448 g/mol. The van der Waals surface area contributed by atoms with Gasteiger partial charge >= 0.3 is 0 Å². The molecule has 3 rings (SSSR count). The number of hydrogen-bond acceptors (Lipinski definition) is 5. The zero-order valence-corrected chi connectivity index (χ0v) is 17.8. The number of amides is 1. The van der Waals surface area contributed by atoms with E-state index in [4.69, 9.17) is 14.2 Å². The molecule has 2 N–H and O–H groups in total. The topological polar surface area (TPSA) is 68.8 Å². The van der Waals surface area contributed by atoms with Gasteiger partial charge in [-0.2, -0.15) is 0 Å². The van der Waals surface area contributed by atoms with Gasteiger partial charge in [0.2, 0.25) is 5.91 Å². The van der Waals surface area contributed by atoms with Gasteiger partial charge in [0, 0.05) is 24.2 Å². The van der Waals surface area contributed by atoms with E-state index in [1.54, 1.807) is 13.2 Å². The van der Waals surface area contributed by atoms with Crippen molar-refractivity contribution in [3.8, 4) is 17.2 Å². The lowest BCUT2D eigenvalue weighted by Crippen LogP contribution is -2.39. The van der Waals surface area contributed by atoms with Crippen LogP contribution in [0.5, 0.6) is 17.2 Å². The molecule has 2 unspecified atom stereocenters. The first kappa shape index (κ1) is 20.5. The molecule has 0 saturated heterocycles. The van der Waals surface area contributed by atoms with Crippen molar-refractivity contribution in [1.82, 2.24) is 5.32 Å². The average molecular weight is 449 g/mol. The highest BCUT2D eigenvalue weighted by atomic mass is 79.9. The molecule has 1 heterocycles. The molecule has 2 atom stereocenters. The van der Waals surface area contributed by atoms with Gasteiger partial charge in [-0.15, -0.1) is 0 Å². The van der Waals surface area contributed by atoms with E-state index in [-0.39, 0.29) is 18.0 Å². The molecule has 1 amide bonds. The number of anilines is 1. The summed E-state index contributed by atoms with van der Waals surface area (Å²) in [6.07, 6.45) is 0.844. The molecule has 6 nitrogen and oxygen atoms in total. The van der Waals surface area contributed by atoms with Gasteiger partial charge in [-0.1, -0.05) is 6.07 Å². The molecule has 1 aliphatic rings. The number of ether oxygens (including phenoxy) is 3. The fraction of sp³-hybridized carbons (Fsp3) is 0.381. The van der Waals surface area contributed by atoms with Crippen molar-refractivity contribution in [1.29, 1.82) is 0 Å². The van der Waals surface area contributed by atoms with E-state index in [0.717, 1.165) is 22.2 Å². The molecule has 0 aliphatic carbocycles. The second-order valence-corrected chi connectivity index (χ2v) is 7.56. The molecule has 2 aromatic rings. The van der Waals surface area contributed by atoms with E-state index in [0.29, 0.717) is 30.4 Å². The van der Waals surface area contributed by atoms with Crippen molar-refractivity contribution in [2.75, 3.05) is 25.6 Å². The molecule has 2 aromatic carbocycles. The number of carbonyl (C=O) groups excluding carboxylic acids is 1. The Kier molecular flexibility index (Phi) is 6.80. The van der Waals surface area contributed by atoms with Crippen molar-refractivity contribution in [2.45, 2.75) is 32.4 Å². The Morgan fingerprint density at radius 1 is 1.11 bits per heavy atom. The van der Waals surface area contributed by atoms with E-state index in [1.807, 2.05) is 44.2 Å². The number of benzene rings is 2. The smallest absolute Gasteiger partial charge is 0.241 e. The van der Waals surface area contributed by atoms with Crippen LogP contribution in [0, 0.1) is 0 Å². The van der Waals surface area contributed by atoms with Crippen LogP contribution in [-0.2, 0) is 4.79 Å². The van der Waals surface area contributed by atoms with E-state index in [1.165, 1.54) is 0 Å². The molecule has 0 spiro atoms. The molecular formula is C21H25BrN2O4. The normalized spacial score (nSPS) is 15.3. The Morgan fingerprint density at radius 2 is 1.86 bits per heavy atom. The van der Waals surface area contributed by atoms with Crippen LogP contribution in [0.3, 0.4) is 0 Å². The van der Waals surface area contributed by atoms with Gasteiger partial charge in [0.25, 0.3) is 0 Å². The van der Waals surface area contributed by atoms with Gasteiger partial charge < -0.3 is 19.5 Å². The first-order chi connectivity index (χ1) is 13.5. The summed E-state index contributed by atoms with van der Waals surface area (Å²) >= 11 is 3.50. The molecule has 7 heteroatoms. The maximum atomic E-state index is 12.6. The van der Waals surface area contributed by atoms with Gasteiger partial charge in [0.1, 0.15) is 5.75 Å². The fourth-order valence-corrected chi connectivity index (χ4v) is 3.55. The summed E-state index contributed by atoms with van der Waals surface area (Å²) in [4.78, 5) is 12.6. The number of halogens is 1. The van der Waals surface area contributed by atoms with Crippen LogP contribution in [0.25, 0.3) is 0 Å². The summed E-state index contributed by atoms with van der Waals surface area (Å²) in [7, 11) is 1.63. The van der Waals surface area contributed by atoms with E-state index >= 15 is 0 Å². The predicted molar refractivity (Wildman–Crippen MR) is 112 cm³/mol. The molecule has 150 valence electrons. The predicted octanol–water partition coefficient (Wildman–Crippen LogP) is 4.30. The number of hydrogen-bond donors (Lipinski definition) is 2. The lowest BCUT2D eigenvalue weighted by Gasteiger charge is -2.21. The first-order valence-electron chi connectivity index (χ1n) is 9.28. The molecule has 28 heavy (non-hydrogen) atoms. The van der Waals surface area contributed by atoms with Gasteiger partial charge in [0.05, 0.1) is 30.8 Å². The molecule has 0 aromatic heterocycles. The number of fused-ring (bicyclic) bond motifs is 1. The lowest BCUT2D eigenvalue weighted by molar-refractivity contribution is -0.117. The first-order valence-corrected chi connectivity index (χ1v) is 10.1. The SMILES string of the molecule is COc1ccc(C(C)NC(C)C(=O)Nc2ccc3c(c2)OCCCO3)cc1Br. The summed E-state index contributed by atoms with van der Waals surface area (Å²) in [5.74, 6) is 2.03. The summed E-state index contributed by atoms with van der Waals surface area (Å²) in [6.45, 7) is 5.11. The third kappa shape index (κ3) is 4.97. The van der Waals surface area contributed by atoms with Crippen molar-refractivity contribution in [3.05, 3.63) is 46.4 Å². The maximum absolute atomic E-state index is 12.6. The largest absolute Gasteiger partial charge is 0.496 e. The Bertz CT molecular complexity index is 843. The van der Waals surface area contributed by atoms with Crippen LogP contribution in [0.4, 0.5) is 5.69 Å². The standard InChI is InChI=1S/C21H25BrN2O4/c1-13(15-5-7-18(26-3)17(22)11-15)23-14(2)21(25)24-16-6-8-19-20(12-16)28-10-4-9-27-19/h5-8,11-14,23H,4,9-10H2,1-3H3,(H,24,25). The van der Waals surface area contributed by atoms with E-state index in [2.05, 4.69) is 26.6 Å². The van der Waals surface area contributed by atoms with Crippen LogP contribution in [-0.4, -0.2) is 32.3 Å². The highest BCUT2D eigenvalue weighted by molar-refractivity contribution is 9.10. The minimum atomic E-state index is -0.383. The molecular weight excluding hydrogens is 424 g/mol. The van der Waals surface area contributed by atoms with E-state index in [9.17, 15) is 4.79 Å². The third-order valence-corrected chi connectivity index (χ3v) is 5.20. The summed E-state index contributed by atoms with van der Waals surface area (Å²) in [5, 5.41) is 6.26. The van der Waals surface area contributed by atoms with E-state index < -0.39 is 0 Å². The van der Waals surface area contributed by atoms with Crippen LogP contribution >= 0.6 is 15.9 Å². The summed E-state index contributed by atoms with van der Waals surface area (Å²) in [5.41, 5.74) is 1.74. The molecule has 0 saturated carbocycles. The van der Waals surface area contributed by atoms with Crippen LogP contribution < -0.4 is 24.8 Å². The minimum Gasteiger partial charge on any atom is -0.496 e. The van der Waals surface area contributed by atoms with Crippen molar-refractivity contribution in [2.24, 2.45) is 0 Å². The third-order valence-electron chi connectivity index (χ3n) is 4.58.